The normalized spacial score (nSPS) is 48.2. The van der Waals surface area contributed by atoms with E-state index < -0.39 is 11.4 Å². The van der Waals surface area contributed by atoms with Gasteiger partial charge in [-0.25, -0.2) is 0 Å². The number of fused-ring (bicyclic) bond motifs is 1. The Bertz CT molecular complexity index is 247. The molecule has 0 aromatic rings. The smallest absolute Gasteiger partial charge is 0.188 e. The summed E-state index contributed by atoms with van der Waals surface area (Å²) in [6, 6.07) is 0. The number of hydrogen-bond acceptors (Lipinski definition) is 4. The van der Waals surface area contributed by atoms with E-state index in [1.165, 1.54) is 0 Å². The van der Waals surface area contributed by atoms with Crippen molar-refractivity contribution < 1.29 is 19.3 Å². The molecule has 0 bridgehead atoms. The molecular weight excluding hydrogens is 196 g/mol. The summed E-state index contributed by atoms with van der Waals surface area (Å²) in [4.78, 5) is 0. The average Bonchev–Trinajstić information content (AvgIpc) is 2.59. The average molecular weight is 216 g/mol. The van der Waals surface area contributed by atoms with Gasteiger partial charge in [-0.1, -0.05) is 13.8 Å². The quantitative estimate of drug-likeness (QED) is 0.755. The molecule has 0 radical (unpaired) electrons. The highest BCUT2D eigenvalue weighted by Gasteiger charge is 2.58. The van der Waals surface area contributed by atoms with E-state index in [0.29, 0.717) is 0 Å². The van der Waals surface area contributed by atoms with Gasteiger partial charge < -0.3 is 19.3 Å². The Morgan fingerprint density at radius 1 is 1.20 bits per heavy atom. The van der Waals surface area contributed by atoms with Gasteiger partial charge in [0.25, 0.3) is 0 Å². The van der Waals surface area contributed by atoms with Crippen LogP contribution in [-0.2, 0) is 14.2 Å². The predicted octanol–water partition coefficient (Wildman–Crippen LogP) is 1.27. The Balaban J connectivity index is 2.17. The molecule has 0 spiro atoms. The highest BCUT2D eigenvalue weighted by molar-refractivity contribution is 4.99. The lowest BCUT2D eigenvalue weighted by Gasteiger charge is -2.32. The third-order valence-corrected chi connectivity index (χ3v) is 3.63. The highest BCUT2D eigenvalue weighted by atomic mass is 16.8. The third-order valence-electron chi connectivity index (χ3n) is 3.63. The predicted molar refractivity (Wildman–Crippen MR) is 54.2 cm³/mol. The molecule has 0 aromatic heterocycles. The second kappa shape index (κ2) is 3.42. The van der Waals surface area contributed by atoms with Gasteiger partial charge in [-0.15, -0.1) is 0 Å². The molecule has 88 valence electrons. The Kier molecular flexibility index (Phi) is 2.58. The number of ether oxygens (including phenoxy) is 3. The summed E-state index contributed by atoms with van der Waals surface area (Å²) in [7, 11) is 0. The topological polar surface area (TPSA) is 47.9 Å². The Morgan fingerprint density at radius 2 is 1.87 bits per heavy atom. The lowest BCUT2D eigenvalue weighted by Crippen LogP contribution is -2.42. The van der Waals surface area contributed by atoms with Crippen LogP contribution < -0.4 is 0 Å². The Morgan fingerprint density at radius 3 is 2.33 bits per heavy atom. The Labute approximate surface area is 90.5 Å². The van der Waals surface area contributed by atoms with Crippen LogP contribution in [-0.4, -0.2) is 35.5 Å². The van der Waals surface area contributed by atoms with E-state index in [1.807, 2.05) is 20.8 Å². The van der Waals surface area contributed by atoms with Gasteiger partial charge in [0.2, 0.25) is 0 Å². The van der Waals surface area contributed by atoms with Crippen molar-refractivity contribution in [3.05, 3.63) is 0 Å². The second-order valence-electron chi connectivity index (χ2n) is 4.95. The first-order valence-electron chi connectivity index (χ1n) is 5.58. The van der Waals surface area contributed by atoms with E-state index >= 15 is 0 Å². The fourth-order valence-electron chi connectivity index (χ4n) is 2.52. The van der Waals surface area contributed by atoms with Gasteiger partial charge in [0.1, 0.15) is 6.10 Å². The van der Waals surface area contributed by atoms with Crippen molar-refractivity contribution in [3.8, 4) is 0 Å². The van der Waals surface area contributed by atoms with E-state index in [4.69, 9.17) is 14.2 Å². The van der Waals surface area contributed by atoms with Gasteiger partial charge >= 0.3 is 0 Å². The van der Waals surface area contributed by atoms with Gasteiger partial charge in [0.05, 0.1) is 12.2 Å². The molecule has 0 aromatic carbocycles. The van der Waals surface area contributed by atoms with Gasteiger partial charge in [-0.3, -0.25) is 0 Å². The molecule has 0 aliphatic carbocycles. The van der Waals surface area contributed by atoms with Crippen molar-refractivity contribution in [2.75, 3.05) is 6.61 Å². The van der Waals surface area contributed by atoms with E-state index in [1.54, 1.807) is 0 Å². The van der Waals surface area contributed by atoms with E-state index in [0.717, 1.165) is 6.42 Å². The minimum atomic E-state index is -0.570. The minimum Gasteiger partial charge on any atom is -0.393 e. The van der Waals surface area contributed by atoms with Crippen molar-refractivity contribution in [1.82, 2.24) is 0 Å². The van der Waals surface area contributed by atoms with Crippen LogP contribution in [0.4, 0.5) is 0 Å². The van der Waals surface area contributed by atoms with Gasteiger partial charge in [0.15, 0.2) is 12.1 Å². The summed E-state index contributed by atoms with van der Waals surface area (Å²) in [6.45, 7) is 7.85. The number of aliphatic hydroxyl groups is 1. The molecule has 2 aliphatic heterocycles. The van der Waals surface area contributed by atoms with Crippen LogP contribution in [0.2, 0.25) is 0 Å². The first-order valence-corrected chi connectivity index (χ1v) is 5.58. The number of hydrogen-bond donors (Lipinski definition) is 1. The lowest BCUT2D eigenvalue weighted by atomic mass is 9.86. The van der Waals surface area contributed by atoms with Crippen molar-refractivity contribution in [2.24, 2.45) is 5.92 Å². The highest BCUT2D eigenvalue weighted by Crippen LogP contribution is 2.46. The van der Waals surface area contributed by atoms with Crippen LogP contribution in [0.1, 0.15) is 34.1 Å². The molecule has 2 heterocycles. The number of aliphatic hydroxyl groups excluding tert-OH is 1. The molecule has 1 unspecified atom stereocenters. The van der Waals surface area contributed by atoms with Crippen molar-refractivity contribution in [2.45, 2.75) is 57.9 Å². The maximum atomic E-state index is 9.44. The Hall–Kier alpha value is -0.160. The zero-order valence-electron chi connectivity index (χ0n) is 9.82. The van der Waals surface area contributed by atoms with Crippen LogP contribution in [0.25, 0.3) is 0 Å². The molecule has 2 rings (SSSR count). The molecule has 4 atom stereocenters. The first-order chi connectivity index (χ1) is 6.94. The van der Waals surface area contributed by atoms with Crippen molar-refractivity contribution >= 4 is 0 Å². The molecule has 2 saturated heterocycles. The van der Waals surface area contributed by atoms with Crippen LogP contribution in [0.5, 0.6) is 0 Å². The minimum absolute atomic E-state index is 0.0187. The fourth-order valence-corrected chi connectivity index (χ4v) is 2.52. The zero-order chi connectivity index (χ0) is 11.3. The molecule has 2 aliphatic rings. The summed E-state index contributed by atoms with van der Waals surface area (Å²) >= 11 is 0. The van der Waals surface area contributed by atoms with E-state index in [2.05, 4.69) is 6.92 Å². The molecule has 0 amide bonds. The van der Waals surface area contributed by atoms with Crippen molar-refractivity contribution in [1.29, 1.82) is 0 Å². The lowest BCUT2D eigenvalue weighted by molar-refractivity contribution is -0.238. The van der Waals surface area contributed by atoms with E-state index in [9.17, 15) is 5.11 Å². The summed E-state index contributed by atoms with van der Waals surface area (Å²) in [5.41, 5.74) is -0.494. The molecule has 0 saturated carbocycles. The zero-order valence-corrected chi connectivity index (χ0v) is 9.82. The molecule has 4 heteroatoms. The van der Waals surface area contributed by atoms with Crippen LogP contribution in [0.15, 0.2) is 0 Å². The standard InChI is InChI=1S/C11H20O4/c1-5-11(6-12)7(2)8-9(15-11)14-10(3,4)13-8/h7-9,12H,5-6H2,1-4H3/t7?,8-,9+,11-/m0/s1. The van der Waals surface area contributed by atoms with Crippen LogP contribution in [0, 0.1) is 5.92 Å². The molecule has 1 N–H and O–H groups in total. The van der Waals surface area contributed by atoms with Crippen LogP contribution in [0.3, 0.4) is 0 Å². The second-order valence-corrected chi connectivity index (χ2v) is 4.95. The summed E-state index contributed by atoms with van der Waals surface area (Å²) in [6.07, 6.45) is 0.374. The summed E-state index contributed by atoms with van der Waals surface area (Å²) in [5.74, 6) is -0.418. The monoisotopic (exact) mass is 216 g/mol. The maximum absolute atomic E-state index is 9.44. The molecule has 4 nitrogen and oxygen atoms in total. The summed E-state index contributed by atoms with van der Waals surface area (Å²) < 4.78 is 17.3. The van der Waals surface area contributed by atoms with E-state index in [-0.39, 0.29) is 24.9 Å². The SMILES string of the molecule is CC[C@@]1(CO)O[C@H]2OC(C)(C)O[C@H]2C1C. The van der Waals surface area contributed by atoms with Gasteiger partial charge in [-0.05, 0) is 20.3 Å². The van der Waals surface area contributed by atoms with Gasteiger partial charge in [-0.2, -0.15) is 0 Å². The molecule has 15 heavy (non-hydrogen) atoms. The summed E-state index contributed by atoms with van der Waals surface area (Å²) in [5, 5.41) is 9.44. The van der Waals surface area contributed by atoms with Gasteiger partial charge in [0, 0.05) is 5.92 Å². The maximum Gasteiger partial charge on any atom is 0.188 e. The third kappa shape index (κ3) is 1.60. The fraction of sp³-hybridized carbons (Fsp3) is 1.00. The first kappa shape index (κ1) is 11.3. The molecular formula is C11H20O4. The largest absolute Gasteiger partial charge is 0.393 e. The van der Waals surface area contributed by atoms with Crippen molar-refractivity contribution in [3.63, 3.8) is 0 Å². The number of rotatable bonds is 2. The molecule has 2 fully saturated rings. The van der Waals surface area contributed by atoms with Crippen LogP contribution >= 0.6 is 0 Å².